The predicted octanol–water partition coefficient (Wildman–Crippen LogP) is 2.93. The molecule has 0 unspecified atom stereocenters. The van der Waals surface area contributed by atoms with Crippen molar-refractivity contribution in [3.63, 3.8) is 0 Å². The van der Waals surface area contributed by atoms with E-state index in [9.17, 15) is 19.7 Å². The SMILES string of the molecule is Cc1cc(-c2ccc(C(=O)C[N+](=O)[O-])cc2)ccc1CC(=O)NCl. The van der Waals surface area contributed by atoms with E-state index in [2.05, 4.69) is 4.84 Å². The summed E-state index contributed by atoms with van der Waals surface area (Å²) in [6.45, 7) is 1.19. The monoisotopic (exact) mass is 346 g/mol. The molecule has 2 aromatic rings. The highest BCUT2D eigenvalue weighted by Gasteiger charge is 2.12. The lowest BCUT2D eigenvalue weighted by Gasteiger charge is -2.08. The van der Waals surface area contributed by atoms with Crippen molar-refractivity contribution in [2.75, 3.05) is 6.54 Å². The van der Waals surface area contributed by atoms with Gasteiger partial charge in [-0.15, -0.1) is 0 Å². The van der Waals surface area contributed by atoms with E-state index in [-0.39, 0.29) is 12.3 Å². The maximum Gasteiger partial charge on any atom is 0.265 e. The highest BCUT2D eigenvalue weighted by Crippen LogP contribution is 2.23. The van der Waals surface area contributed by atoms with Crippen molar-refractivity contribution in [2.24, 2.45) is 0 Å². The van der Waals surface area contributed by atoms with Crippen LogP contribution in [0.5, 0.6) is 0 Å². The minimum Gasteiger partial charge on any atom is -0.287 e. The molecule has 0 atom stereocenters. The molecule has 2 aromatic carbocycles. The van der Waals surface area contributed by atoms with Crippen molar-refractivity contribution in [3.05, 3.63) is 69.3 Å². The number of carbonyl (C=O) groups excluding carboxylic acids is 2. The molecule has 0 fully saturated rings. The normalized spacial score (nSPS) is 10.2. The third-order valence-electron chi connectivity index (χ3n) is 3.61. The molecule has 24 heavy (non-hydrogen) atoms. The van der Waals surface area contributed by atoms with Crippen LogP contribution in [0, 0.1) is 17.0 Å². The number of Topliss-reactive ketones (excluding diaryl/α,β-unsaturated/α-hetero) is 1. The van der Waals surface area contributed by atoms with Crippen LogP contribution in [-0.2, 0) is 11.2 Å². The Morgan fingerprint density at radius 2 is 1.75 bits per heavy atom. The van der Waals surface area contributed by atoms with Crippen molar-refractivity contribution >= 4 is 23.5 Å². The fourth-order valence-corrected chi connectivity index (χ4v) is 2.40. The van der Waals surface area contributed by atoms with Gasteiger partial charge in [-0.25, -0.2) is 0 Å². The number of benzene rings is 2. The summed E-state index contributed by atoms with van der Waals surface area (Å²) in [5.41, 5.74) is 3.93. The second-order valence-electron chi connectivity index (χ2n) is 5.33. The van der Waals surface area contributed by atoms with Gasteiger partial charge in [0.15, 0.2) is 0 Å². The van der Waals surface area contributed by atoms with Gasteiger partial charge in [0.2, 0.25) is 11.7 Å². The first-order valence-corrected chi connectivity index (χ1v) is 7.53. The molecule has 0 radical (unpaired) electrons. The summed E-state index contributed by atoms with van der Waals surface area (Å²) in [5, 5.41) is 10.4. The number of aryl methyl sites for hydroxylation is 1. The van der Waals surface area contributed by atoms with E-state index in [1.54, 1.807) is 24.3 Å². The second kappa shape index (κ2) is 7.70. The van der Waals surface area contributed by atoms with Gasteiger partial charge in [0.25, 0.3) is 6.54 Å². The fourth-order valence-electron chi connectivity index (χ4n) is 2.34. The summed E-state index contributed by atoms with van der Waals surface area (Å²) in [6.07, 6.45) is 0.198. The standard InChI is InChI=1S/C17H15ClN2O4/c1-11-8-15(7-6-14(11)9-17(22)19-18)12-2-4-13(5-3-12)16(21)10-20(23)24/h2-8H,9-10H2,1H3,(H,19,22). The smallest absolute Gasteiger partial charge is 0.265 e. The summed E-state index contributed by atoms with van der Waals surface area (Å²) in [6, 6.07) is 12.3. The molecular weight excluding hydrogens is 332 g/mol. The summed E-state index contributed by atoms with van der Waals surface area (Å²) in [7, 11) is 0. The van der Waals surface area contributed by atoms with E-state index in [1.807, 2.05) is 25.1 Å². The van der Waals surface area contributed by atoms with Crippen LogP contribution in [0.25, 0.3) is 11.1 Å². The van der Waals surface area contributed by atoms with Crippen LogP contribution >= 0.6 is 11.8 Å². The Morgan fingerprint density at radius 1 is 1.12 bits per heavy atom. The quantitative estimate of drug-likeness (QED) is 0.377. The molecule has 0 heterocycles. The third-order valence-corrected chi connectivity index (χ3v) is 3.82. The Kier molecular flexibility index (Phi) is 5.65. The molecule has 2 rings (SSSR count). The summed E-state index contributed by atoms with van der Waals surface area (Å²) in [5.74, 6) is -0.800. The van der Waals surface area contributed by atoms with Gasteiger partial charge >= 0.3 is 0 Å². The summed E-state index contributed by atoms with van der Waals surface area (Å²) >= 11 is 5.28. The van der Waals surface area contributed by atoms with E-state index in [4.69, 9.17) is 11.8 Å². The van der Waals surface area contributed by atoms with Gasteiger partial charge in [-0.1, -0.05) is 42.5 Å². The zero-order valence-electron chi connectivity index (χ0n) is 12.9. The first-order valence-electron chi connectivity index (χ1n) is 7.15. The van der Waals surface area contributed by atoms with Crippen molar-refractivity contribution in [3.8, 4) is 11.1 Å². The largest absolute Gasteiger partial charge is 0.287 e. The number of nitrogens with zero attached hydrogens (tertiary/aromatic N) is 1. The van der Waals surface area contributed by atoms with E-state index in [0.717, 1.165) is 22.3 Å². The Balaban J connectivity index is 2.20. The zero-order valence-corrected chi connectivity index (χ0v) is 13.7. The number of nitro groups is 1. The van der Waals surface area contributed by atoms with Gasteiger partial charge in [-0.05, 0) is 29.2 Å². The van der Waals surface area contributed by atoms with Gasteiger partial charge in [-0.2, -0.15) is 0 Å². The van der Waals surface area contributed by atoms with E-state index in [1.165, 1.54) is 0 Å². The molecule has 1 N–H and O–H groups in total. The molecule has 0 bridgehead atoms. The molecule has 0 aliphatic heterocycles. The summed E-state index contributed by atoms with van der Waals surface area (Å²) in [4.78, 5) is 34.8. The average molecular weight is 347 g/mol. The number of amides is 1. The number of rotatable bonds is 6. The van der Waals surface area contributed by atoms with Gasteiger partial charge < -0.3 is 0 Å². The Labute approximate surface area is 143 Å². The third kappa shape index (κ3) is 4.39. The first-order chi connectivity index (χ1) is 11.4. The number of hydrogen-bond donors (Lipinski definition) is 1. The topological polar surface area (TPSA) is 89.3 Å². The predicted molar refractivity (Wildman–Crippen MR) is 90.5 cm³/mol. The van der Waals surface area contributed by atoms with Crippen LogP contribution in [0.3, 0.4) is 0 Å². The van der Waals surface area contributed by atoms with Crippen LogP contribution < -0.4 is 4.84 Å². The van der Waals surface area contributed by atoms with Gasteiger partial charge in [0, 0.05) is 22.3 Å². The highest BCUT2D eigenvalue weighted by atomic mass is 35.5. The molecular formula is C17H15ClN2O4. The molecule has 0 aromatic heterocycles. The Bertz CT molecular complexity index is 788. The molecule has 0 saturated carbocycles. The molecule has 0 aliphatic carbocycles. The maximum absolute atomic E-state index is 11.6. The minimum absolute atomic E-state index is 0.198. The van der Waals surface area contributed by atoms with E-state index < -0.39 is 17.3 Å². The molecule has 6 nitrogen and oxygen atoms in total. The number of hydrogen-bond acceptors (Lipinski definition) is 4. The lowest BCUT2D eigenvalue weighted by Crippen LogP contribution is -2.15. The molecule has 7 heteroatoms. The highest BCUT2D eigenvalue weighted by molar-refractivity contribution is 6.21. The molecule has 1 amide bonds. The lowest BCUT2D eigenvalue weighted by atomic mass is 9.97. The van der Waals surface area contributed by atoms with Crippen LogP contribution in [-0.4, -0.2) is 23.2 Å². The van der Waals surface area contributed by atoms with Gasteiger partial charge in [0.05, 0.1) is 6.42 Å². The average Bonchev–Trinajstić information content (AvgIpc) is 2.56. The lowest BCUT2D eigenvalue weighted by molar-refractivity contribution is -0.465. The first kappa shape index (κ1) is 17.6. The number of ketones is 1. The van der Waals surface area contributed by atoms with Crippen LogP contribution in [0.15, 0.2) is 42.5 Å². The maximum atomic E-state index is 11.6. The number of nitrogens with one attached hydrogen (secondary N) is 1. The fraction of sp³-hybridized carbons (Fsp3) is 0.176. The number of halogens is 1. The van der Waals surface area contributed by atoms with Gasteiger partial charge in [-0.3, -0.25) is 24.5 Å². The molecule has 124 valence electrons. The summed E-state index contributed by atoms with van der Waals surface area (Å²) < 4.78 is 0. The van der Waals surface area contributed by atoms with Crippen LogP contribution in [0.1, 0.15) is 21.5 Å². The van der Waals surface area contributed by atoms with Crippen LogP contribution in [0.4, 0.5) is 0 Å². The van der Waals surface area contributed by atoms with Crippen molar-refractivity contribution in [1.82, 2.24) is 4.84 Å². The van der Waals surface area contributed by atoms with E-state index in [0.29, 0.717) is 5.56 Å². The second-order valence-corrected chi connectivity index (χ2v) is 5.52. The minimum atomic E-state index is -0.713. The number of carbonyl (C=O) groups is 2. The molecule has 0 spiro atoms. The Morgan fingerprint density at radius 3 is 2.29 bits per heavy atom. The van der Waals surface area contributed by atoms with Crippen LogP contribution in [0.2, 0.25) is 0 Å². The van der Waals surface area contributed by atoms with Gasteiger partial charge in [0.1, 0.15) is 0 Å². The van der Waals surface area contributed by atoms with Crippen molar-refractivity contribution in [1.29, 1.82) is 0 Å². The van der Waals surface area contributed by atoms with E-state index >= 15 is 0 Å². The Hall–Kier alpha value is -2.73. The zero-order chi connectivity index (χ0) is 17.7. The molecule has 0 saturated heterocycles. The van der Waals surface area contributed by atoms with Crippen molar-refractivity contribution in [2.45, 2.75) is 13.3 Å². The van der Waals surface area contributed by atoms with Crippen molar-refractivity contribution < 1.29 is 14.5 Å². The molecule has 0 aliphatic rings.